The largest absolute Gasteiger partial charge is 0.462 e. The Balaban J connectivity index is 4.09. The van der Waals surface area contributed by atoms with Crippen LogP contribution >= 0.6 is 0 Å². The topological polar surface area (TPSA) is 78.9 Å². The molecule has 0 aliphatic heterocycles. The number of hydrogen-bond donors (Lipinski definition) is 0. The third kappa shape index (κ3) is 54.7. The highest BCUT2D eigenvalue weighted by molar-refractivity contribution is 5.71. The fraction of sp³-hybridized carbons (Fsp3) is 0.885. The van der Waals surface area contributed by atoms with Crippen LogP contribution in [-0.4, -0.2) is 37.2 Å². The van der Waals surface area contributed by atoms with Gasteiger partial charge in [0, 0.05) is 19.3 Å². The van der Waals surface area contributed by atoms with Gasteiger partial charge in [-0.25, -0.2) is 0 Å². The van der Waals surface area contributed by atoms with Gasteiger partial charge in [-0.05, 0) is 51.4 Å². The summed E-state index contributed by atoms with van der Waals surface area (Å²) in [5.41, 5.74) is 0. The molecule has 0 amide bonds. The van der Waals surface area contributed by atoms with Crippen LogP contribution in [0.3, 0.4) is 0 Å². The SMILES string of the molecule is CCCCC/C=C\C/C=C\CCCCCCCCCC(=O)OC(COC(=O)CCCCCCCCC)COC(=O)CCCCCCCCCCCCCCCCCCCCCCCCCCC. The van der Waals surface area contributed by atoms with E-state index >= 15 is 0 Å². The van der Waals surface area contributed by atoms with Crippen LogP contribution in [0.15, 0.2) is 24.3 Å². The van der Waals surface area contributed by atoms with E-state index in [0.717, 1.165) is 70.6 Å². The summed E-state index contributed by atoms with van der Waals surface area (Å²) in [6, 6.07) is 0. The molecule has 0 rings (SSSR count). The van der Waals surface area contributed by atoms with E-state index in [2.05, 4.69) is 45.1 Å². The van der Waals surface area contributed by atoms with Crippen LogP contribution in [0.5, 0.6) is 0 Å². The molecule has 0 aliphatic carbocycles. The summed E-state index contributed by atoms with van der Waals surface area (Å²) in [7, 11) is 0. The van der Waals surface area contributed by atoms with Crippen molar-refractivity contribution in [3.63, 3.8) is 0 Å². The molecule has 0 N–H and O–H groups in total. The van der Waals surface area contributed by atoms with Crippen LogP contribution in [0.25, 0.3) is 0 Å². The van der Waals surface area contributed by atoms with E-state index < -0.39 is 6.10 Å². The quantitative estimate of drug-likeness (QED) is 0.0262. The second-order valence-electron chi connectivity index (χ2n) is 20.3. The van der Waals surface area contributed by atoms with Crippen molar-refractivity contribution in [2.75, 3.05) is 13.2 Å². The van der Waals surface area contributed by atoms with E-state index in [-0.39, 0.29) is 31.1 Å². The lowest BCUT2D eigenvalue weighted by molar-refractivity contribution is -0.167. The van der Waals surface area contributed by atoms with Gasteiger partial charge < -0.3 is 14.2 Å². The van der Waals surface area contributed by atoms with Gasteiger partial charge in [0.2, 0.25) is 0 Å². The molecule has 0 saturated heterocycles. The van der Waals surface area contributed by atoms with E-state index in [1.807, 2.05) is 0 Å². The Hall–Kier alpha value is -2.11. The zero-order valence-electron chi connectivity index (χ0n) is 45.2. The molecule has 0 radical (unpaired) electrons. The Labute approximate surface area is 417 Å². The first-order chi connectivity index (χ1) is 33.0. The average molecular weight is 944 g/mol. The fourth-order valence-electron chi connectivity index (χ4n) is 8.95. The van der Waals surface area contributed by atoms with Crippen molar-refractivity contribution in [3.8, 4) is 0 Å². The molecule has 394 valence electrons. The molecule has 0 aliphatic rings. The van der Waals surface area contributed by atoms with Gasteiger partial charge in [-0.2, -0.15) is 0 Å². The molecule has 67 heavy (non-hydrogen) atoms. The Morgan fingerprint density at radius 3 is 0.851 bits per heavy atom. The zero-order valence-corrected chi connectivity index (χ0v) is 45.2. The number of unbranched alkanes of at least 4 members (excludes halogenated alkanes) is 40. The second kappa shape index (κ2) is 56.5. The van der Waals surface area contributed by atoms with E-state index in [4.69, 9.17) is 14.2 Å². The molecule has 0 aromatic heterocycles. The number of carbonyl (C=O) groups is 3. The average Bonchev–Trinajstić information content (AvgIpc) is 3.33. The molecule has 1 atom stereocenters. The lowest BCUT2D eigenvalue weighted by Crippen LogP contribution is -2.30. The maximum Gasteiger partial charge on any atom is 0.306 e. The van der Waals surface area contributed by atoms with Gasteiger partial charge >= 0.3 is 17.9 Å². The van der Waals surface area contributed by atoms with Gasteiger partial charge in [0.1, 0.15) is 13.2 Å². The maximum absolute atomic E-state index is 12.8. The summed E-state index contributed by atoms with van der Waals surface area (Å²) in [5.74, 6) is -0.865. The van der Waals surface area contributed by atoms with Crippen molar-refractivity contribution >= 4 is 17.9 Å². The third-order valence-corrected chi connectivity index (χ3v) is 13.5. The number of carbonyl (C=O) groups excluding carboxylic acids is 3. The molecule has 6 nitrogen and oxygen atoms in total. The summed E-state index contributed by atoms with van der Waals surface area (Å²) in [5, 5.41) is 0. The van der Waals surface area contributed by atoms with Gasteiger partial charge in [-0.1, -0.05) is 283 Å². The van der Waals surface area contributed by atoms with Crippen LogP contribution in [0.2, 0.25) is 0 Å². The van der Waals surface area contributed by atoms with Crippen LogP contribution in [0.1, 0.15) is 329 Å². The minimum absolute atomic E-state index is 0.0698. The summed E-state index contributed by atoms with van der Waals surface area (Å²) in [6.07, 6.45) is 66.3. The Kier molecular flexibility index (Phi) is 54.7. The minimum Gasteiger partial charge on any atom is -0.462 e. The van der Waals surface area contributed by atoms with Crippen LogP contribution in [0, 0.1) is 0 Å². The molecule has 0 fully saturated rings. The van der Waals surface area contributed by atoms with E-state index in [0.29, 0.717) is 19.3 Å². The minimum atomic E-state index is -0.769. The predicted octanol–water partition coefficient (Wildman–Crippen LogP) is 19.9. The molecule has 0 heterocycles. The van der Waals surface area contributed by atoms with Gasteiger partial charge in [0.25, 0.3) is 0 Å². The predicted molar refractivity (Wildman–Crippen MR) is 289 cm³/mol. The van der Waals surface area contributed by atoms with E-state index in [1.165, 1.54) is 218 Å². The molecule has 0 aromatic rings. The van der Waals surface area contributed by atoms with Gasteiger partial charge in [0.05, 0.1) is 0 Å². The van der Waals surface area contributed by atoms with Gasteiger partial charge in [-0.15, -0.1) is 0 Å². The zero-order chi connectivity index (χ0) is 48.6. The van der Waals surface area contributed by atoms with Crippen LogP contribution < -0.4 is 0 Å². The normalized spacial score (nSPS) is 12.1. The van der Waals surface area contributed by atoms with E-state index in [9.17, 15) is 14.4 Å². The van der Waals surface area contributed by atoms with Crippen molar-refractivity contribution in [2.45, 2.75) is 335 Å². The molecule has 0 bridgehead atoms. The first kappa shape index (κ1) is 64.9. The summed E-state index contributed by atoms with van der Waals surface area (Å²) in [6.45, 7) is 6.62. The summed E-state index contributed by atoms with van der Waals surface area (Å²) in [4.78, 5) is 37.9. The van der Waals surface area contributed by atoms with Crippen LogP contribution in [0.4, 0.5) is 0 Å². The first-order valence-corrected chi connectivity index (χ1v) is 29.8. The smallest absolute Gasteiger partial charge is 0.306 e. The first-order valence-electron chi connectivity index (χ1n) is 29.8. The van der Waals surface area contributed by atoms with Crippen LogP contribution in [-0.2, 0) is 28.6 Å². The highest BCUT2D eigenvalue weighted by Gasteiger charge is 2.19. The van der Waals surface area contributed by atoms with Crippen molar-refractivity contribution in [1.29, 1.82) is 0 Å². The van der Waals surface area contributed by atoms with Gasteiger partial charge in [0.15, 0.2) is 6.10 Å². The maximum atomic E-state index is 12.8. The highest BCUT2D eigenvalue weighted by Crippen LogP contribution is 2.17. The number of esters is 3. The Bertz CT molecular complexity index is 1080. The molecular formula is C61H114O6. The van der Waals surface area contributed by atoms with Crippen molar-refractivity contribution in [1.82, 2.24) is 0 Å². The number of allylic oxidation sites excluding steroid dienone is 4. The highest BCUT2D eigenvalue weighted by atomic mass is 16.6. The lowest BCUT2D eigenvalue weighted by Gasteiger charge is -2.18. The van der Waals surface area contributed by atoms with E-state index in [1.54, 1.807) is 0 Å². The summed E-state index contributed by atoms with van der Waals surface area (Å²) < 4.78 is 16.8. The lowest BCUT2D eigenvalue weighted by atomic mass is 10.0. The molecular weight excluding hydrogens is 829 g/mol. The monoisotopic (exact) mass is 943 g/mol. The standard InChI is InChI=1S/C61H114O6/c1-4-7-10-13-16-18-20-22-24-26-27-28-29-30-31-32-33-35-36-38-40-42-45-48-51-54-60(63)66-57-58(56-65-59(62)53-50-47-44-15-12-9-6-3)67-61(64)55-52-49-46-43-41-39-37-34-25-23-21-19-17-14-11-8-5-2/h17,19,23,25,58H,4-16,18,20-22,24,26-57H2,1-3H3/b19-17-,25-23-. The second-order valence-corrected chi connectivity index (χ2v) is 20.3. The van der Waals surface area contributed by atoms with Crippen molar-refractivity contribution in [3.05, 3.63) is 24.3 Å². The number of rotatable bonds is 55. The van der Waals surface area contributed by atoms with Crippen molar-refractivity contribution in [2.24, 2.45) is 0 Å². The third-order valence-electron chi connectivity index (χ3n) is 13.5. The number of hydrogen-bond acceptors (Lipinski definition) is 6. The summed E-state index contributed by atoms with van der Waals surface area (Å²) >= 11 is 0. The molecule has 0 spiro atoms. The Morgan fingerprint density at radius 2 is 0.537 bits per heavy atom. The molecule has 0 saturated carbocycles. The Morgan fingerprint density at radius 1 is 0.299 bits per heavy atom. The molecule has 1 unspecified atom stereocenters. The molecule has 6 heteroatoms. The van der Waals surface area contributed by atoms with Gasteiger partial charge in [-0.3, -0.25) is 14.4 Å². The molecule has 0 aromatic carbocycles. The number of ether oxygens (including phenoxy) is 3. The fourth-order valence-corrected chi connectivity index (χ4v) is 8.95. The van der Waals surface area contributed by atoms with Crippen molar-refractivity contribution < 1.29 is 28.6 Å².